The SMILES string of the molecule is CN(CCCCCN)CCC(=O)N(C)C. The lowest BCUT2D eigenvalue weighted by Gasteiger charge is -2.17. The van der Waals surface area contributed by atoms with Crippen LogP contribution in [0.4, 0.5) is 0 Å². The van der Waals surface area contributed by atoms with Gasteiger partial charge in [-0.25, -0.2) is 0 Å². The maximum absolute atomic E-state index is 11.3. The van der Waals surface area contributed by atoms with Crippen LogP contribution >= 0.6 is 0 Å². The van der Waals surface area contributed by atoms with Gasteiger partial charge in [0.05, 0.1) is 0 Å². The third kappa shape index (κ3) is 8.39. The molecule has 0 aromatic rings. The van der Waals surface area contributed by atoms with Gasteiger partial charge in [-0.2, -0.15) is 0 Å². The van der Waals surface area contributed by atoms with Gasteiger partial charge in [-0.3, -0.25) is 4.79 Å². The van der Waals surface area contributed by atoms with E-state index in [0.29, 0.717) is 6.42 Å². The normalized spacial score (nSPS) is 10.7. The van der Waals surface area contributed by atoms with Crippen molar-refractivity contribution in [2.45, 2.75) is 25.7 Å². The predicted octanol–water partition coefficient (Wildman–Crippen LogP) is 0.526. The molecule has 0 heterocycles. The van der Waals surface area contributed by atoms with Gasteiger partial charge >= 0.3 is 0 Å². The van der Waals surface area contributed by atoms with Crippen LogP contribution in [0, 0.1) is 0 Å². The van der Waals surface area contributed by atoms with E-state index >= 15 is 0 Å². The Kier molecular flexibility index (Phi) is 8.33. The van der Waals surface area contributed by atoms with Crippen LogP contribution in [-0.4, -0.2) is 56.5 Å². The molecule has 0 aromatic carbocycles. The first-order valence-electron chi connectivity index (χ1n) is 5.66. The Labute approximate surface area is 93.4 Å². The van der Waals surface area contributed by atoms with Crippen LogP contribution in [0.1, 0.15) is 25.7 Å². The Morgan fingerprint density at radius 1 is 1.07 bits per heavy atom. The lowest BCUT2D eigenvalue weighted by molar-refractivity contribution is -0.128. The number of carbonyl (C=O) groups is 1. The van der Waals surface area contributed by atoms with E-state index in [9.17, 15) is 4.79 Å². The second kappa shape index (κ2) is 8.68. The zero-order chi connectivity index (χ0) is 11.7. The number of nitrogens with zero attached hydrogens (tertiary/aromatic N) is 2. The summed E-state index contributed by atoms with van der Waals surface area (Å²) in [6.07, 6.45) is 4.07. The van der Waals surface area contributed by atoms with Crippen LogP contribution in [0.3, 0.4) is 0 Å². The standard InChI is InChI=1S/C11H25N3O/c1-13(2)11(15)7-10-14(3)9-6-4-5-8-12/h4-10,12H2,1-3H3. The summed E-state index contributed by atoms with van der Waals surface area (Å²) in [6, 6.07) is 0. The van der Waals surface area contributed by atoms with Gasteiger partial charge in [0, 0.05) is 27.1 Å². The minimum absolute atomic E-state index is 0.198. The van der Waals surface area contributed by atoms with Crippen LogP contribution in [0.25, 0.3) is 0 Å². The number of rotatable bonds is 8. The number of amides is 1. The molecule has 90 valence electrons. The van der Waals surface area contributed by atoms with Crippen LogP contribution < -0.4 is 5.73 Å². The number of hydrogen-bond acceptors (Lipinski definition) is 3. The van der Waals surface area contributed by atoms with Gasteiger partial charge in [0.2, 0.25) is 5.91 Å². The average molecular weight is 215 g/mol. The first kappa shape index (κ1) is 14.4. The van der Waals surface area contributed by atoms with Crippen molar-refractivity contribution in [2.75, 3.05) is 40.8 Å². The molecule has 0 fully saturated rings. The molecular weight excluding hydrogens is 190 g/mol. The Morgan fingerprint density at radius 3 is 2.27 bits per heavy atom. The second-order valence-electron chi connectivity index (χ2n) is 4.19. The molecule has 15 heavy (non-hydrogen) atoms. The molecule has 0 radical (unpaired) electrons. The summed E-state index contributed by atoms with van der Waals surface area (Å²) in [5.41, 5.74) is 5.41. The average Bonchev–Trinajstić information content (AvgIpc) is 2.20. The summed E-state index contributed by atoms with van der Waals surface area (Å²) in [5, 5.41) is 0. The summed E-state index contributed by atoms with van der Waals surface area (Å²) in [4.78, 5) is 15.2. The molecular formula is C11H25N3O. The minimum atomic E-state index is 0.198. The highest BCUT2D eigenvalue weighted by Gasteiger charge is 2.05. The van der Waals surface area contributed by atoms with Gasteiger partial charge in [0.15, 0.2) is 0 Å². The fraction of sp³-hybridized carbons (Fsp3) is 0.909. The predicted molar refractivity (Wildman–Crippen MR) is 63.7 cm³/mol. The molecule has 4 nitrogen and oxygen atoms in total. The number of unbranched alkanes of at least 4 members (excludes halogenated alkanes) is 2. The van der Waals surface area contributed by atoms with Crippen LogP contribution in [0.2, 0.25) is 0 Å². The third-order valence-electron chi connectivity index (χ3n) is 2.45. The maximum Gasteiger partial charge on any atom is 0.223 e. The Hall–Kier alpha value is -0.610. The van der Waals surface area contributed by atoms with E-state index in [2.05, 4.69) is 11.9 Å². The summed E-state index contributed by atoms with van der Waals surface area (Å²) in [6.45, 7) is 2.68. The van der Waals surface area contributed by atoms with E-state index in [-0.39, 0.29) is 5.91 Å². The van der Waals surface area contributed by atoms with Crippen LogP contribution in [-0.2, 0) is 4.79 Å². The Bertz CT molecular complexity index is 171. The molecule has 0 atom stereocenters. The highest BCUT2D eigenvalue weighted by Crippen LogP contribution is 1.97. The molecule has 0 rings (SSSR count). The number of nitrogens with two attached hydrogens (primary N) is 1. The van der Waals surface area contributed by atoms with Gasteiger partial charge in [0.25, 0.3) is 0 Å². The van der Waals surface area contributed by atoms with Gasteiger partial charge in [0.1, 0.15) is 0 Å². The van der Waals surface area contributed by atoms with Crippen molar-refractivity contribution < 1.29 is 4.79 Å². The zero-order valence-corrected chi connectivity index (χ0v) is 10.3. The molecule has 4 heteroatoms. The summed E-state index contributed by atoms with van der Waals surface area (Å²) < 4.78 is 0. The maximum atomic E-state index is 11.3. The monoisotopic (exact) mass is 215 g/mol. The van der Waals surface area contributed by atoms with Gasteiger partial charge in [-0.15, -0.1) is 0 Å². The fourth-order valence-corrected chi connectivity index (χ4v) is 1.32. The van der Waals surface area contributed by atoms with E-state index in [4.69, 9.17) is 5.73 Å². The van der Waals surface area contributed by atoms with Gasteiger partial charge in [-0.05, 0) is 33.0 Å². The van der Waals surface area contributed by atoms with Crippen molar-refractivity contribution in [1.82, 2.24) is 9.80 Å². The summed E-state index contributed by atoms with van der Waals surface area (Å²) >= 11 is 0. The molecule has 0 saturated heterocycles. The van der Waals surface area contributed by atoms with Gasteiger partial charge in [-0.1, -0.05) is 6.42 Å². The first-order chi connectivity index (χ1) is 7.07. The quantitative estimate of drug-likeness (QED) is 0.601. The number of hydrogen-bond donors (Lipinski definition) is 1. The molecule has 2 N–H and O–H groups in total. The van der Waals surface area contributed by atoms with E-state index in [1.165, 1.54) is 12.8 Å². The molecule has 0 aromatic heterocycles. The number of carbonyl (C=O) groups excluding carboxylic acids is 1. The van der Waals surface area contributed by atoms with Crippen molar-refractivity contribution in [1.29, 1.82) is 0 Å². The molecule has 0 aliphatic carbocycles. The molecule has 0 spiro atoms. The van der Waals surface area contributed by atoms with Crippen molar-refractivity contribution in [3.63, 3.8) is 0 Å². The molecule has 0 saturated carbocycles. The highest BCUT2D eigenvalue weighted by molar-refractivity contribution is 5.75. The zero-order valence-electron chi connectivity index (χ0n) is 10.3. The minimum Gasteiger partial charge on any atom is -0.349 e. The van der Waals surface area contributed by atoms with Crippen molar-refractivity contribution in [2.24, 2.45) is 5.73 Å². The molecule has 0 bridgehead atoms. The summed E-state index contributed by atoms with van der Waals surface area (Å²) in [5.74, 6) is 0.198. The van der Waals surface area contributed by atoms with Crippen LogP contribution in [0.15, 0.2) is 0 Å². The highest BCUT2D eigenvalue weighted by atomic mass is 16.2. The van der Waals surface area contributed by atoms with Crippen molar-refractivity contribution in [3.05, 3.63) is 0 Å². The van der Waals surface area contributed by atoms with E-state index in [0.717, 1.165) is 26.1 Å². The van der Waals surface area contributed by atoms with E-state index in [1.54, 1.807) is 19.0 Å². The topological polar surface area (TPSA) is 49.6 Å². The third-order valence-corrected chi connectivity index (χ3v) is 2.45. The van der Waals surface area contributed by atoms with Crippen molar-refractivity contribution in [3.8, 4) is 0 Å². The van der Waals surface area contributed by atoms with Crippen LogP contribution in [0.5, 0.6) is 0 Å². The van der Waals surface area contributed by atoms with E-state index in [1.807, 2.05) is 0 Å². The molecule has 0 aliphatic rings. The molecule has 0 aliphatic heterocycles. The first-order valence-corrected chi connectivity index (χ1v) is 5.66. The largest absolute Gasteiger partial charge is 0.349 e. The Balaban J connectivity index is 3.40. The molecule has 0 unspecified atom stereocenters. The lowest BCUT2D eigenvalue weighted by atomic mass is 10.2. The fourth-order valence-electron chi connectivity index (χ4n) is 1.32. The lowest BCUT2D eigenvalue weighted by Crippen LogP contribution is -2.28. The second-order valence-corrected chi connectivity index (χ2v) is 4.19. The Morgan fingerprint density at radius 2 is 1.73 bits per heavy atom. The van der Waals surface area contributed by atoms with E-state index < -0.39 is 0 Å². The molecule has 1 amide bonds. The summed E-state index contributed by atoms with van der Waals surface area (Å²) in [7, 11) is 5.65. The van der Waals surface area contributed by atoms with Gasteiger partial charge < -0.3 is 15.5 Å². The van der Waals surface area contributed by atoms with Crippen molar-refractivity contribution >= 4 is 5.91 Å². The smallest absolute Gasteiger partial charge is 0.223 e.